The molecule has 0 N–H and O–H groups in total. The van der Waals surface area contributed by atoms with Gasteiger partial charge in [0.1, 0.15) is 0 Å². The van der Waals surface area contributed by atoms with E-state index in [9.17, 15) is 0 Å². The van der Waals surface area contributed by atoms with Gasteiger partial charge in [0, 0.05) is 17.8 Å². The zero-order chi connectivity index (χ0) is 17.5. The summed E-state index contributed by atoms with van der Waals surface area (Å²) in [6.07, 6.45) is 11.1. The Hall–Kier alpha value is -1.83. The van der Waals surface area contributed by atoms with Gasteiger partial charge in [-0.2, -0.15) is 0 Å². The number of benzene rings is 1. The van der Waals surface area contributed by atoms with Gasteiger partial charge in [-0.1, -0.05) is 63.8 Å². The molecule has 2 heteroatoms. The molecule has 3 rings (SSSR count). The lowest BCUT2D eigenvalue weighted by Crippen LogP contribution is -2.20. The van der Waals surface area contributed by atoms with Crippen molar-refractivity contribution in [2.45, 2.75) is 58.8 Å². The zero-order valence-electron chi connectivity index (χ0n) is 15.7. The van der Waals surface area contributed by atoms with Crippen LogP contribution in [0.5, 0.6) is 5.88 Å². The molecule has 1 aliphatic rings. The Kier molecular flexibility index (Phi) is 6.49. The fourth-order valence-corrected chi connectivity index (χ4v) is 3.87. The molecule has 134 valence electrons. The highest BCUT2D eigenvalue weighted by Crippen LogP contribution is 2.31. The molecule has 1 saturated carbocycles. The third-order valence-corrected chi connectivity index (χ3v) is 5.56. The first kappa shape index (κ1) is 18.0. The summed E-state index contributed by atoms with van der Waals surface area (Å²) in [7, 11) is 0. The molecule has 1 aliphatic carbocycles. The maximum atomic E-state index is 5.96. The van der Waals surface area contributed by atoms with Gasteiger partial charge in [0.05, 0.1) is 6.61 Å². The van der Waals surface area contributed by atoms with E-state index in [1.165, 1.54) is 49.7 Å². The summed E-state index contributed by atoms with van der Waals surface area (Å²) in [6, 6.07) is 12.8. The molecule has 0 atom stereocenters. The molecule has 0 saturated heterocycles. The van der Waals surface area contributed by atoms with Crippen LogP contribution in [0.15, 0.2) is 42.6 Å². The van der Waals surface area contributed by atoms with Gasteiger partial charge >= 0.3 is 0 Å². The molecule has 0 aliphatic heterocycles. The van der Waals surface area contributed by atoms with Crippen molar-refractivity contribution in [3.8, 4) is 17.0 Å². The normalized spacial score (nSPS) is 20.4. The monoisotopic (exact) mass is 337 g/mol. The number of hydrogen-bond acceptors (Lipinski definition) is 2. The topological polar surface area (TPSA) is 22.1 Å². The fraction of sp³-hybridized carbons (Fsp3) is 0.522. The largest absolute Gasteiger partial charge is 0.477 e. The van der Waals surface area contributed by atoms with Crippen LogP contribution in [0, 0.1) is 11.8 Å². The van der Waals surface area contributed by atoms with E-state index in [-0.39, 0.29) is 0 Å². The SMILES string of the molecule is CCC[C@H]1CC[C@H](COc2ccc(-c3ccc(CC)cc3)cn2)CC1. The summed E-state index contributed by atoms with van der Waals surface area (Å²) in [6.45, 7) is 5.29. The third kappa shape index (κ3) is 5.07. The van der Waals surface area contributed by atoms with E-state index in [0.717, 1.165) is 30.4 Å². The molecule has 0 unspecified atom stereocenters. The minimum absolute atomic E-state index is 0.705. The van der Waals surface area contributed by atoms with Gasteiger partial charge in [-0.15, -0.1) is 0 Å². The van der Waals surface area contributed by atoms with E-state index in [1.54, 1.807) is 0 Å². The minimum Gasteiger partial charge on any atom is -0.477 e. The van der Waals surface area contributed by atoms with Crippen molar-refractivity contribution in [3.05, 3.63) is 48.2 Å². The highest BCUT2D eigenvalue weighted by molar-refractivity contribution is 5.62. The number of hydrogen-bond donors (Lipinski definition) is 0. The smallest absolute Gasteiger partial charge is 0.213 e. The molecule has 0 amide bonds. The van der Waals surface area contributed by atoms with Crippen LogP contribution in [0.3, 0.4) is 0 Å². The van der Waals surface area contributed by atoms with Crippen molar-refractivity contribution in [1.29, 1.82) is 0 Å². The van der Waals surface area contributed by atoms with Crippen LogP contribution in [-0.4, -0.2) is 11.6 Å². The van der Waals surface area contributed by atoms with Gasteiger partial charge in [0.2, 0.25) is 5.88 Å². The second-order valence-corrected chi connectivity index (χ2v) is 7.42. The van der Waals surface area contributed by atoms with Crippen LogP contribution in [0.4, 0.5) is 0 Å². The van der Waals surface area contributed by atoms with Gasteiger partial charge in [-0.25, -0.2) is 4.98 Å². The molecule has 2 aromatic rings. The molecule has 1 fully saturated rings. The maximum absolute atomic E-state index is 5.96. The summed E-state index contributed by atoms with van der Waals surface area (Å²) in [5.41, 5.74) is 3.73. The van der Waals surface area contributed by atoms with Crippen LogP contribution < -0.4 is 4.74 Å². The van der Waals surface area contributed by atoms with E-state index in [2.05, 4.69) is 49.2 Å². The molecule has 1 heterocycles. The second-order valence-electron chi connectivity index (χ2n) is 7.42. The van der Waals surface area contributed by atoms with Gasteiger partial charge in [-0.05, 0) is 48.3 Å². The summed E-state index contributed by atoms with van der Waals surface area (Å²) < 4.78 is 5.96. The number of aromatic nitrogens is 1. The Morgan fingerprint density at radius 3 is 2.16 bits per heavy atom. The number of ether oxygens (including phenoxy) is 1. The summed E-state index contributed by atoms with van der Waals surface area (Å²) in [5, 5.41) is 0. The predicted octanol–water partition coefficient (Wildman–Crippen LogP) is 6.30. The van der Waals surface area contributed by atoms with Crippen LogP contribution in [-0.2, 0) is 6.42 Å². The van der Waals surface area contributed by atoms with Crippen molar-refractivity contribution < 1.29 is 4.74 Å². The first-order valence-corrected chi connectivity index (χ1v) is 9.96. The Labute approximate surface area is 152 Å². The van der Waals surface area contributed by atoms with Crippen LogP contribution in [0.25, 0.3) is 11.1 Å². The predicted molar refractivity (Wildman–Crippen MR) is 105 cm³/mol. The Morgan fingerprint density at radius 2 is 1.56 bits per heavy atom. The molecule has 1 aromatic carbocycles. The maximum Gasteiger partial charge on any atom is 0.213 e. The molecule has 0 radical (unpaired) electrons. The van der Waals surface area contributed by atoms with E-state index in [4.69, 9.17) is 4.74 Å². The Balaban J connectivity index is 1.49. The molecule has 25 heavy (non-hydrogen) atoms. The average Bonchev–Trinajstić information content (AvgIpc) is 2.68. The van der Waals surface area contributed by atoms with E-state index < -0.39 is 0 Å². The number of aryl methyl sites for hydroxylation is 1. The third-order valence-electron chi connectivity index (χ3n) is 5.56. The van der Waals surface area contributed by atoms with Crippen molar-refractivity contribution in [3.63, 3.8) is 0 Å². The highest BCUT2D eigenvalue weighted by Gasteiger charge is 2.21. The average molecular weight is 338 g/mol. The first-order chi connectivity index (χ1) is 12.3. The minimum atomic E-state index is 0.705. The van der Waals surface area contributed by atoms with Gasteiger partial charge in [0.25, 0.3) is 0 Å². The second kappa shape index (κ2) is 9.03. The first-order valence-electron chi connectivity index (χ1n) is 9.96. The fourth-order valence-electron chi connectivity index (χ4n) is 3.87. The lowest BCUT2D eigenvalue weighted by molar-refractivity contribution is 0.174. The molecule has 0 bridgehead atoms. The molecule has 2 nitrogen and oxygen atoms in total. The van der Waals surface area contributed by atoms with Crippen molar-refractivity contribution in [2.24, 2.45) is 11.8 Å². The number of pyridine rings is 1. The van der Waals surface area contributed by atoms with E-state index >= 15 is 0 Å². The zero-order valence-corrected chi connectivity index (χ0v) is 15.7. The number of rotatable bonds is 7. The van der Waals surface area contributed by atoms with Gasteiger partial charge in [0.15, 0.2) is 0 Å². The highest BCUT2D eigenvalue weighted by atomic mass is 16.5. The van der Waals surface area contributed by atoms with Gasteiger partial charge in [-0.3, -0.25) is 0 Å². The lowest BCUT2D eigenvalue weighted by Gasteiger charge is -2.28. The van der Waals surface area contributed by atoms with Crippen molar-refractivity contribution >= 4 is 0 Å². The Bertz CT molecular complexity index is 624. The van der Waals surface area contributed by atoms with Crippen LogP contribution in [0.2, 0.25) is 0 Å². The summed E-state index contributed by atoms with van der Waals surface area (Å²) in [4.78, 5) is 4.50. The summed E-state index contributed by atoms with van der Waals surface area (Å²) >= 11 is 0. The molecular formula is C23H31NO. The molecule has 1 aromatic heterocycles. The van der Waals surface area contributed by atoms with Crippen molar-refractivity contribution in [1.82, 2.24) is 4.98 Å². The summed E-state index contributed by atoms with van der Waals surface area (Å²) in [5.74, 6) is 2.42. The lowest BCUT2D eigenvalue weighted by atomic mass is 9.80. The quantitative estimate of drug-likeness (QED) is 0.592. The molecular weight excluding hydrogens is 306 g/mol. The van der Waals surface area contributed by atoms with E-state index in [1.807, 2.05) is 12.3 Å². The molecule has 0 spiro atoms. The standard InChI is InChI=1S/C23H31NO/c1-3-5-19-6-8-20(9-7-19)17-25-23-15-14-22(16-24-23)21-12-10-18(4-2)11-13-21/h10-16,19-20H,3-9,17H2,1-2H3/t19-,20-. The van der Waals surface area contributed by atoms with E-state index in [0.29, 0.717) is 5.92 Å². The van der Waals surface area contributed by atoms with Crippen LogP contribution in [0.1, 0.15) is 57.9 Å². The van der Waals surface area contributed by atoms with Crippen LogP contribution >= 0.6 is 0 Å². The van der Waals surface area contributed by atoms with Crippen molar-refractivity contribution in [2.75, 3.05) is 6.61 Å². The number of nitrogens with zero attached hydrogens (tertiary/aromatic N) is 1. The van der Waals surface area contributed by atoms with Gasteiger partial charge < -0.3 is 4.74 Å². The Morgan fingerprint density at radius 1 is 0.880 bits per heavy atom.